The van der Waals surface area contributed by atoms with Crippen molar-refractivity contribution >= 4 is 34.2 Å². The zero-order valence-electron chi connectivity index (χ0n) is 17.0. The van der Waals surface area contributed by atoms with E-state index in [1.54, 1.807) is 41.7 Å². The molecule has 7 heteroatoms. The van der Waals surface area contributed by atoms with Crippen LogP contribution in [0.1, 0.15) is 43.1 Å². The minimum atomic E-state index is -0.606. The number of rotatable bonds is 9. The van der Waals surface area contributed by atoms with E-state index in [0.29, 0.717) is 12.2 Å². The standard InChI is InChI=1S/C23H25NO3S2.ClH/c1-3-22(25)27-20-6-4-17(5-7-20)23(26)16(2)24-11-8-21(18-9-12-28-14-18)19-10-13-29-15-19;/h4-10,12-16,23-24,26H,3,11H2,1-2H3;1H. The first kappa shape index (κ1) is 24.3. The quantitative estimate of drug-likeness (QED) is 0.371. The maximum atomic E-state index is 11.4. The van der Waals surface area contributed by atoms with Gasteiger partial charge in [0.1, 0.15) is 17.9 Å². The first-order valence-corrected chi connectivity index (χ1v) is 11.5. The Balaban J connectivity index is 0.00000320. The predicted molar refractivity (Wildman–Crippen MR) is 119 cm³/mol. The van der Waals surface area contributed by atoms with Crippen molar-refractivity contribution in [3.8, 4) is 5.75 Å². The van der Waals surface area contributed by atoms with Crippen LogP contribution in [0.4, 0.5) is 0 Å². The largest absolute Gasteiger partial charge is 1.00 e. The molecule has 4 nitrogen and oxygen atoms in total. The third-order valence-corrected chi connectivity index (χ3v) is 6.10. The van der Waals surface area contributed by atoms with Gasteiger partial charge < -0.3 is 27.6 Å². The molecule has 2 unspecified atom stereocenters. The van der Waals surface area contributed by atoms with Crippen molar-refractivity contribution in [3.63, 3.8) is 0 Å². The molecule has 30 heavy (non-hydrogen) atoms. The van der Waals surface area contributed by atoms with Gasteiger partial charge in [0.15, 0.2) is 0 Å². The smallest absolute Gasteiger partial charge is 0.310 e. The number of benzene rings is 1. The van der Waals surface area contributed by atoms with E-state index in [1.807, 2.05) is 19.1 Å². The molecule has 160 valence electrons. The summed E-state index contributed by atoms with van der Waals surface area (Å²) in [7, 11) is 0. The summed E-state index contributed by atoms with van der Waals surface area (Å²) in [6, 6.07) is 11.3. The van der Waals surface area contributed by atoms with E-state index in [1.165, 1.54) is 16.7 Å². The molecule has 0 saturated carbocycles. The number of quaternary nitrogens is 1. The van der Waals surface area contributed by atoms with E-state index in [0.717, 1.165) is 12.1 Å². The van der Waals surface area contributed by atoms with E-state index in [4.69, 9.17) is 4.74 Å². The molecule has 0 aliphatic heterocycles. The Kier molecular flexibility index (Phi) is 9.75. The minimum absolute atomic E-state index is 0. The SMILES string of the molecule is CCC(=O)Oc1ccc(C(O)C(C)[NH2+]CC=C(c2ccsc2)c2ccsc2)cc1.[Cl-]. The zero-order chi connectivity index (χ0) is 20.6. The van der Waals surface area contributed by atoms with Crippen LogP contribution in [0.2, 0.25) is 0 Å². The van der Waals surface area contributed by atoms with Crippen LogP contribution < -0.4 is 22.5 Å². The van der Waals surface area contributed by atoms with E-state index >= 15 is 0 Å². The minimum Gasteiger partial charge on any atom is -1.00 e. The Morgan fingerprint density at radius 3 is 2.20 bits per heavy atom. The second-order valence-corrected chi connectivity index (χ2v) is 8.37. The molecule has 0 fully saturated rings. The Hall–Kier alpha value is -1.96. The average molecular weight is 464 g/mol. The van der Waals surface area contributed by atoms with E-state index in [9.17, 15) is 9.90 Å². The Morgan fingerprint density at radius 1 is 1.10 bits per heavy atom. The van der Waals surface area contributed by atoms with Gasteiger partial charge in [-0.2, -0.15) is 22.7 Å². The third-order valence-electron chi connectivity index (χ3n) is 4.73. The monoisotopic (exact) mass is 463 g/mol. The lowest BCUT2D eigenvalue weighted by Crippen LogP contribution is -3.00. The van der Waals surface area contributed by atoms with Crippen molar-refractivity contribution in [3.05, 3.63) is 80.7 Å². The van der Waals surface area contributed by atoms with Gasteiger partial charge in [-0.3, -0.25) is 4.79 Å². The topological polar surface area (TPSA) is 63.1 Å². The highest BCUT2D eigenvalue weighted by Crippen LogP contribution is 2.26. The maximum Gasteiger partial charge on any atom is 0.310 e. The van der Waals surface area contributed by atoms with Gasteiger partial charge in [-0.05, 0) is 81.0 Å². The second-order valence-electron chi connectivity index (χ2n) is 6.81. The summed E-state index contributed by atoms with van der Waals surface area (Å²) in [6.45, 7) is 4.54. The number of aliphatic hydroxyl groups is 1. The molecule has 0 aliphatic rings. The average Bonchev–Trinajstić information content (AvgIpc) is 3.45. The predicted octanol–water partition coefficient (Wildman–Crippen LogP) is 1.25. The summed E-state index contributed by atoms with van der Waals surface area (Å²) in [5.74, 6) is 0.238. The van der Waals surface area contributed by atoms with Gasteiger partial charge in [-0.25, -0.2) is 0 Å². The first-order valence-electron chi connectivity index (χ1n) is 9.65. The number of thiophene rings is 2. The highest BCUT2D eigenvalue weighted by atomic mass is 35.5. The van der Waals surface area contributed by atoms with Gasteiger partial charge in [-0.15, -0.1) is 0 Å². The van der Waals surface area contributed by atoms with Gasteiger partial charge in [0.2, 0.25) is 0 Å². The van der Waals surface area contributed by atoms with Crippen LogP contribution in [-0.2, 0) is 4.79 Å². The number of ether oxygens (including phenoxy) is 1. The number of nitrogens with two attached hydrogens (primary N) is 1. The fourth-order valence-electron chi connectivity index (χ4n) is 3.01. The van der Waals surface area contributed by atoms with Crippen molar-refractivity contribution in [2.24, 2.45) is 0 Å². The molecule has 0 aliphatic carbocycles. The van der Waals surface area contributed by atoms with Crippen molar-refractivity contribution in [1.82, 2.24) is 0 Å². The lowest BCUT2D eigenvalue weighted by Gasteiger charge is -2.17. The molecule has 2 atom stereocenters. The number of aliphatic hydroxyl groups excluding tert-OH is 1. The van der Waals surface area contributed by atoms with Crippen LogP contribution >= 0.6 is 22.7 Å². The number of halogens is 1. The molecule has 0 spiro atoms. The van der Waals surface area contributed by atoms with Gasteiger partial charge in [0, 0.05) is 6.42 Å². The summed E-state index contributed by atoms with van der Waals surface area (Å²) in [5.41, 5.74) is 4.50. The van der Waals surface area contributed by atoms with Crippen molar-refractivity contribution in [2.45, 2.75) is 32.4 Å². The normalized spacial score (nSPS) is 12.5. The maximum absolute atomic E-state index is 11.4. The van der Waals surface area contributed by atoms with Crippen molar-refractivity contribution in [2.75, 3.05) is 6.54 Å². The fraction of sp³-hybridized carbons (Fsp3) is 0.261. The lowest BCUT2D eigenvalue weighted by atomic mass is 10.0. The molecule has 1 aromatic carbocycles. The summed E-state index contributed by atoms with van der Waals surface area (Å²) in [4.78, 5) is 11.4. The number of hydrogen-bond acceptors (Lipinski definition) is 5. The van der Waals surface area contributed by atoms with Crippen LogP contribution in [0, 0.1) is 0 Å². The van der Waals surface area contributed by atoms with E-state index in [-0.39, 0.29) is 24.4 Å². The van der Waals surface area contributed by atoms with Crippen LogP contribution in [0.15, 0.2) is 64.0 Å². The number of esters is 1. The molecule has 0 saturated heterocycles. The number of hydrogen-bond donors (Lipinski definition) is 2. The summed E-state index contributed by atoms with van der Waals surface area (Å²) in [5, 5.41) is 21.3. The third kappa shape index (κ3) is 6.52. The highest BCUT2D eigenvalue weighted by Gasteiger charge is 2.19. The van der Waals surface area contributed by atoms with Gasteiger partial charge in [0.25, 0.3) is 0 Å². The van der Waals surface area contributed by atoms with Crippen molar-refractivity contribution in [1.29, 1.82) is 0 Å². The van der Waals surface area contributed by atoms with E-state index in [2.05, 4.69) is 45.0 Å². The molecule has 0 amide bonds. The fourth-order valence-corrected chi connectivity index (χ4v) is 4.32. The Bertz CT molecular complexity index is 886. The van der Waals surface area contributed by atoms with Gasteiger partial charge >= 0.3 is 5.97 Å². The number of carbonyl (C=O) groups excluding carboxylic acids is 1. The van der Waals surface area contributed by atoms with Crippen LogP contribution in [0.25, 0.3) is 5.57 Å². The Morgan fingerprint density at radius 2 is 1.70 bits per heavy atom. The summed E-state index contributed by atoms with van der Waals surface area (Å²) >= 11 is 3.39. The molecule has 2 aromatic heterocycles. The second kappa shape index (κ2) is 12.0. The molecule has 3 aromatic rings. The zero-order valence-corrected chi connectivity index (χ0v) is 19.3. The molecular weight excluding hydrogens is 438 g/mol. The molecular formula is C23H26ClNO3S2. The molecule has 0 bridgehead atoms. The first-order chi connectivity index (χ1) is 14.1. The molecule has 2 heterocycles. The van der Waals surface area contributed by atoms with Crippen LogP contribution in [0.5, 0.6) is 5.75 Å². The van der Waals surface area contributed by atoms with Gasteiger partial charge in [0.05, 0.1) is 6.54 Å². The Labute approximate surface area is 191 Å². The number of carbonyl (C=O) groups is 1. The molecule has 0 radical (unpaired) electrons. The highest BCUT2D eigenvalue weighted by molar-refractivity contribution is 7.08. The van der Waals surface area contributed by atoms with E-state index < -0.39 is 6.10 Å². The van der Waals surface area contributed by atoms with Gasteiger partial charge in [-0.1, -0.05) is 19.1 Å². The molecule has 3 rings (SSSR count). The molecule has 3 N–H and O–H groups in total. The summed E-state index contributed by atoms with van der Waals surface area (Å²) < 4.78 is 5.19. The van der Waals surface area contributed by atoms with Crippen molar-refractivity contribution < 1.29 is 32.4 Å². The lowest BCUT2D eigenvalue weighted by molar-refractivity contribution is -0.686. The van der Waals surface area contributed by atoms with Crippen LogP contribution in [0.3, 0.4) is 0 Å². The van der Waals surface area contributed by atoms with Crippen LogP contribution in [-0.4, -0.2) is 23.7 Å². The summed E-state index contributed by atoms with van der Waals surface area (Å²) in [6.07, 6.45) is 1.95.